The fourth-order valence-electron chi connectivity index (χ4n) is 1.66. The summed E-state index contributed by atoms with van der Waals surface area (Å²) in [6, 6.07) is 0. The number of thioether (sulfide) groups is 1. The van der Waals surface area contributed by atoms with Crippen LogP contribution < -0.4 is 11.5 Å². The van der Waals surface area contributed by atoms with Crippen LogP contribution in [-0.2, 0) is 0 Å². The highest BCUT2D eigenvalue weighted by molar-refractivity contribution is 7.98. The molecule has 0 unspecified atom stereocenters. The van der Waals surface area contributed by atoms with Crippen LogP contribution in [0.5, 0.6) is 0 Å². The van der Waals surface area contributed by atoms with Crippen LogP contribution in [0.4, 0.5) is 11.6 Å². The van der Waals surface area contributed by atoms with Crippen molar-refractivity contribution in [2.45, 2.75) is 25.8 Å². The van der Waals surface area contributed by atoms with E-state index in [0.29, 0.717) is 20.4 Å². The number of nitrogen functional groups attached to an aromatic ring is 2. The third-order valence-corrected chi connectivity index (χ3v) is 4.43. The molecule has 0 fully saturated rings. The molecule has 0 aliphatic carbocycles. The monoisotopic (exact) mass is 296 g/mol. The van der Waals surface area contributed by atoms with Crippen molar-refractivity contribution < 1.29 is 4.79 Å². The molecule has 0 radical (unpaired) electrons. The third-order valence-electron chi connectivity index (χ3n) is 2.65. The molecule has 0 aromatic carbocycles. The molecule has 0 spiro atoms. The summed E-state index contributed by atoms with van der Waals surface area (Å²) in [6.07, 6.45) is 1.89. The Morgan fingerprint density at radius 3 is 2.42 bits per heavy atom. The van der Waals surface area contributed by atoms with E-state index in [1.54, 1.807) is 0 Å². The van der Waals surface area contributed by atoms with E-state index in [4.69, 9.17) is 11.5 Å². The van der Waals surface area contributed by atoms with Crippen LogP contribution in [0.2, 0.25) is 0 Å². The van der Waals surface area contributed by atoms with Gasteiger partial charge in [0.2, 0.25) is 5.95 Å². The lowest BCUT2D eigenvalue weighted by Crippen LogP contribution is -2.20. The molecule has 2 aromatic heterocycles. The molecule has 0 amide bonds. The lowest BCUT2D eigenvalue weighted by molar-refractivity contribution is 0.0863. The topological polar surface area (TPSA) is 94.9 Å². The Labute approximate surface area is 119 Å². The second-order valence-corrected chi connectivity index (χ2v) is 6.99. The molecule has 2 rings (SSSR count). The summed E-state index contributed by atoms with van der Waals surface area (Å²) < 4.78 is 0. The predicted molar refractivity (Wildman–Crippen MR) is 81.8 cm³/mol. The smallest absolute Gasteiger partial charge is 0.222 e. The maximum absolute atomic E-state index is 12.4. The maximum Gasteiger partial charge on any atom is 0.222 e. The first-order chi connectivity index (χ1) is 8.75. The Balaban J connectivity index is 2.73. The van der Waals surface area contributed by atoms with E-state index < -0.39 is 5.41 Å². The number of Topliss-reactive ketones (excluding diaryl/α,β-unsaturated/α-hetero) is 1. The van der Waals surface area contributed by atoms with E-state index in [2.05, 4.69) is 9.97 Å². The minimum Gasteiger partial charge on any atom is -0.397 e. The number of anilines is 2. The number of fused-ring (bicyclic) bond motifs is 1. The second kappa shape index (κ2) is 4.64. The number of carbonyl (C=O) groups is 1. The van der Waals surface area contributed by atoms with Crippen molar-refractivity contribution in [3.63, 3.8) is 0 Å². The van der Waals surface area contributed by atoms with Crippen molar-refractivity contribution >= 4 is 50.7 Å². The van der Waals surface area contributed by atoms with E-state index in [-0.39, 0.29) is 11.7 Å². The van der Waals surface area contributed by atoms with E-state index in [9.17, 15) is 4.79 Å². The van der Waals surface area contributed by atoms with Gasteiger partial charge in [-0.3, -0.25) is 4.79 Å². The van der Waals surface area contributed by atoms with Gasteiger partial charge in [-0.2, -0.15) is 0 Å². The van der Waals surface area contributed by atoms with Gasteiger partial charge in [-0.25, -0.2) is 9.97 Å². The standard InChI is InChI=1S/C12H16N4OS2/c1-12(2,3)8(17)7-6(13)5-9(18-4)15-11(14)16-10(5)19-7/h13H2,1-4H3,(H2,14,15,16). The highest BCUT2D eigenvalue weighted by atomic mass is 32.2. The highest BCUT2D eigenvalue weighted by Gasteiger charge is 2.28. The quantitative estimate of drug-likeness (QED) is 0.502. The Morgan fingerprint density at radius 2 is 1.89 bits per heavy atom. The first kappa shape index (κ1) is 14.1. The number of aromatic nitrogens is 2. The van der Waals surface area contributed by atoms with Gasteiger partial charge < -0.3 is 11.5 Å². The van der Waals surface area contributed by atoms with Gasteiger partial charge >= 0.3 is 0 Å². The zero-order valence-corrected chi connectivity index (χ0v) is 12.9. The van der Waals surface area contributed by atoms with Crippen LogP contribution in [0.3, 0.4) is 0 Å². The highest BCUT2D eigenvalue weighted by Crippen LogP contribution is 2.40. The van der Waals surface area contributed by atoms with Gasteiger partial charge in [-0.1, -0.05) is 20.8 Å². The molecule has 4 N–H and O–H groups in total. The largest absolute Gasteiger partial charge is 0.397 e. The number of nitrogens with zero attached hydrogens (tertiary/aromatic N) is 2. The van der Waals surface area contributed by atoms with Crippen molar-refractivity contribution in [3.8, 4) is 0 Å². The van der Waals surface area contributed by atoms with Gasteiger partial charge in [0.05, 0.1) is 16.0 Å². The molecular formula is C12H16N4OS2. The van der Waals surface area contributed by atoms with Gasteiger partial charge in [0, 0.05) is 5.41 Å². The van der Waals surface area contributed by atoms with Gasteiger partial charge in [0.25, 0.3) is 0 Å². The van der Waals surface area contributed by atoms with Crippen molar-refractivity contribution in [1.29, 1.82) is 0 Å². The van der Waals surface area contributed by atoms with Crippen LogP contribution in [-0.4, -0.2) is 22.0 Å². The van der Waals surface area contributed by atoms with Crippen LogP contribution in [0.1, 0.15) is 30.4 Å². The van der Waals surface area contributed by atoms with Crippen LogP contribution in [0, 0.1) is 5.41 Å². The first-order valence-electron chi connectivity index (χ1n) is 5.70. The summed E-state index contributed by atoms with van der Waals surface area (Å²) in [5.41, 5.74) is 11.8. The fraction of sp³-hybridized carbons (Fsp3) is 0.417. The average Bonchev–Trinajstić information content (AvgIpc) is 2.63. The van der Waals surface area contributed by atoms with Crippen LogP contribution in [0.25, 0.3) is 10.2 Å². The number of hydrogen-bond donors (Lipinski definition) is 2. The molecule has 5 nitrogen and oxygen atoms in total. The minimum absolute atomic E-state index is 0.0126. The van der Waals surface area contributed by atoms with Crippen LogP contribution >= 0.6 is 23.1 Å². The summed E-state index contributed by atoms with van der Waals surface area (Å²) in [6.45, 7) is 5.61. The number of nitrogens with two attached hydrogens (primary N) is 2. The summed E-state index contributed by atoms with van der Waals surface area (Å²) in [5, 5.41) is 1.45. The number of ketones is 1. The molecule has 0 bridgehead atoms. The number of hydrogen-bond acceptors (Lipinski definition) is 7. The molecule has 0 aliphatic rings. The Hall–Kier alpha value is -1.34. The maximum atomic E-state index is 12.4. The zero-order valence-electron chi connectivity index (χ0n) is 11.3. The van der Waals surface area contributed by atoms with Gasteiger partial charge in [0.15, 0.2) is 5.78 Å². The summed E-state index contributed by atoms with van der Waals surface area (Å²) in [4.78, 5) is 21.9. The number of carbonyl (C=O) groups excluding carboxylic acids is 1. The van der Waals surface area contributed by atoms with E-state index >= 15 is 0 Å². The fourth-order valence-corrected chi connectivity index (χ4v) is 3.58. The molecule has 2 aromatic rings. The average molecular weight is 296 g/mol. The predicted octanol–water partition coefficient (Wildman–Crippen LogP) is 2.81. The summed E-state index contributed by atoms with van der Waals surface area (Å²) >= 11 is 2.73. The van der Waals surface area contributed by atoms with Crippen LogP contribution in [0.15, 0.2) is 5.03 Å². The molecular weight excluding hydrogens is 280 g/mol. The van der Waals surface area contributed by atoms with Gasteiger partial charge in [0.1, 0.15) is 9.86 Å². The van der Waals surface area contributed by atoms with Crippen molar-refractivity contribution in [2.24, 2.45) is 5.41 Å². The van der Waals surface area contributed by atoms with E-state index in [1.807, 2.05) is 27.0 Å². The Kier molecular flexibility index (Phi) is 3.44. The molecule has 2 heterocycles. The number of thiophene rings is 1. The molecule has 7 heteroatoms. The summed E-state index contributed by atoms with van der Waals surface area (Å²) in [7, 11) is 0. The Morgan fingerprint density at radius 1 is 1.26 bits per heavy atom. The third kappa shape index (κ3) is 2.40. The first-order valence-corrected chi connectivity index (χ1v) is 7.74. The van der Waals surface area contributed by atoms with Crippen molar-refractivity contribution in [1.82, 2.24) is 9.97 Å². The molecule has 0 aliphatic heterocycles. The van der Waals surface area contributed by atoms with Gasteiger partial charge in [-0.15, -0.1) is 23.1 Å². The van der Waals surface area contributed by atoms with Crippen molar-refractivity contribution in [3.05, 3.63) is 4.88 Å². The summed E-state index contributed by atoms with van der Waals surface area (Å²) in [5.74, 6) is 0.214. The molecule has 102 valence electrons. The molecule has 0 saturated heterocycles. The lowest BCUT2D eigenvalue weighted by Gasteiger charge is -2.15. The lowest BCUT2D eigenvalue weighted by atomic mass is 9.89. The van der Waals surface area contributed by atoms with Gasteiger partial charge in [-0.05, 0) is 6.26 Å². The zero-order chi connectivity index (χ0) is 14.4. The Bertz CT molecular complexity index is 658. The van der Waals surface area contributed by atoms with Crippen molar-refractivity contribution in [2.75, 3.05) is 17.7 Å². The minimum atomic E-state index is -0.479. The second-order valence-electron chi connectivity index (χ2n) is 5.20. The van der Waals surface area contributed by atoms with E-state index in [1.165, 1.54) is 23.1 Å². The molecule has 0 atom stereocenters. The normalized spacial score (nSPS) is 12.0. The molecule has 0 saturated carbocycles. The number of rotatable bonds is 2. The SMILES string of the molecule is CSc1nc(N)nc2sc(C(=O)C(C)(C)C)c(N)c12. The molecule has 19 heavy (non-hydrogen) atoms. The van der Waals surface area contributed by atoms with E-state index in [0.717, 1.165) is 5.39 Å².